The lowest BCUT2D eigenvalue weighted by atomic mass is 10.1. The molecule has 4 N–H and O–H groups in total. The van der Waals surface area contributed by atoms with Crippen LogP contribution < -0.4 is 21.4 Å². The number of ether oxygens (including phenoxy) is 1. The van der Waals surface area contributed by atoms with Crippen molar-refractivity contribution in [3.8, 4) is 5.75 Å². The van der Waals surface area contributed by atoms with E-state index in [1.807, 2.05) is 39.0 Å². The van der Waals surface area contributed by atoms with Crippen molar-refractivity contribution in [3.63, 3.8) is 0 Å². The number of carbonyl (C=O) groups is 1. The second-order valence-corrected chi connectivity index (χ2v) is 6.77. The van der Waals surface area contributed by atoms with Crippen molar-refractivity contribution in [2.75, 3.05) is 18.7 Å². The van der Waals surface area contributed by atoms with E-state index in [0.717, 1.165) is 26.9 Å². The van der Waals surface area contributed by atoms with Crippen LogP contribution in [0.3, 0.4) is 0 Å². The lowest BCUT2D eigenvalue weighted by Crippen LogP contribution is -2.49. The first-order valence-corrected chi connectivity index (χ1v) is 9.39. The number of aryl methyl sites for hydroxylation is 1. The van der Waals surface area contributed by atoms with E-state index in [2.05, 4.69) is 5.16 Å². The summed E-state index contributed by atoms with van der Waals surface area (Å²) in [4.78, 5) is 17.2. The normalized spacial score (nSPS) is 11.2. The predicted octanol–water partition coefficient (Wildman–Crippen LogP) is 3.59. The van der Waals surface area contributed by atoms with Crippen LogP contribution in [0, 0.1) is 6.92 Å². The van der Waals surface area contributed by atoms with Crippen molar-refractivity contribution in [1.29, 1.82) is 0 Å². The molecule has 0 aromatic heterocycles. The highest BCUT2D eigenvalue weighted by Gasteiger charge is 2.19. The minimum Gasteiger partial charge on any atom is -0.488 e. The fourth-order valence-electron chi connectivity index (χ4n) is 2.59. The van der Waals surface area contributed by atoms with E-state index in [1.165, 1.54) is 7.05 Å². The van der Waals surface area contributed by atoms with Gasteiger partial charge in [-0.3, -0.25) is 5.01 Å². The van der Waals surface area contributed by atoms with Crippen molar-refractivity contribution in [2.24, 2.45) is 16.8 Å². The third-order valence-electron chi connectivity index (χ3n) is 4.16. The molecule has 0 bridgehead atoms. The van der Waals surface area contributed by atoms with Crippen molar-refractivity contribution in [2.45, 2.75) is 27.4 Å². The van der Waals surface area contributed by atoms with Crippen LogP contribution in [0.15, 0.2) is 41.6 Å². The molecule has 156 valence electrons. The Kier molecular flexibility index (Phi) is 7.83. The van der Waals surface area contributed by atoms with Crippen LogP contribution in [0.4, 0.5) is 10.5 Å². The van der Waals surface area contributed by atoms with Crippen LogP contribution in [-0.4, -0.2) is 30.4 Å². The second-order valence-electron chi connectivity index (χ2n) is 6.36. The molecule has 2 aromatic carbocycles. The molecule has 0 spiro atoms. The molecule has 9 heteroatoms. The number of oxime groups is 1. The van der Waals surface area contributed by atoms with Crippen molar-refractivity contribution >= 4 is 29.0 Å². The zero-order chi connectivity index (χ0) is 21.6. The number of amides is 2. The zero-order valence-corrected chi connectivity index (χ0v) is 17.7. The smallest absolute Gasteiger partial charge is 0.352 e. The van der Waals surface area contributed by atoms with Gasteiger partial charge in [-0.15, -0.1) is 0 Å². The number of nitrogens with two attached hydrogens (primary N) is 2. The number of anilines is 1. The monoisotopic (exact) mass is 419 g/mol. The molecule has 0 heterocycles. The Morgan fingerprint density at radius 3 is 2.59 bits per heavy atom. The molecule has 0 radical (unpaired) electrons. The third-order valence-corrected chi connectivity index (χ3v) is 4.51. The van der Waals surface area contributed by atoms with Crippen LogP contribution in [0.2, 0.25) is 5.02 Å². The summed E-state index contributed by atoms with van der Waals surface area (Å²) < 4.78 is 5.96. The van der Waals surface area contributed by atoms with Crippen molar-refractivity contribution < 1.29 is 14.4 Å². The van der Waals surface area contributed by atoms with E-state index < -0.39 is 6.03 Å². The van der Waals surface area contributed by atoms with E-state index in [0.29, 0.717) is 28.6 Å². The largest absolute Gasteiger partial charge is 0.488 e. The number of hydrogen-bond donors (Lipinski definition) is 2. The van der Waals surface area contributed by atoms with Gasteiger partial charge in [0.25, 0.3) is 0 Å². The van der Waals surface area contributed by atoms with Crippen LogP contribution in [0.5, 0.6) is 5.75 Å². The first-order chi connectivity index (χ1) is 13.8. The molecule has 29 heavy (non-hydrogen) atoms. The Balaban J connectivity index is 2.23. The van der Waals surface area contributed by atoms with Gasteiger partial charge < -0.3 is 9.57 Å². The van der Waals surface area contributed by atoms with E-state index in [9.17, 15) is 4.79 Å². The Labute approximate surface area is 175 Å². The highest BCUT2D eigenvalue weighted by atomic mass is 35.5. The molecule has 8 nitrogen and oxygen atoms in total. The van der Waals surface area contributed by atoms with E-state index >= 15 is 0 Å². The van der Waals surface area contributed by atoms with Crippen LogP contribution >= 0.6 is 11.6 Å². The Hall–Kier alpha value is -2.81. The molecule has 0 fully saturated rings. The molecule has 2 aromatic rings. The Bertz CT molecular complexity index is 902. The third kappa shape index (κ3) is 5.60. The summed E-state index contributed by atoms with van der Waals surface area (Å²) in [5.41, 5.74) is 3.62. The molecule has 2 rings (SSSR count). The molecule has 0 unspecified atom stereocenters. The van der Waals surface area contributed by atoms with Gasteiger partial charge in [-0.25, -0.2) is 21.5 Å². The second kappa shape index (κ2) is 10.1. The quantitative estimate of drug-likeness (QED) is 0.308. The first kappa shape index (κ1) is 22.5. The molecule has 0 saturated carbocycles. The number of hydrazine groups is 2. The van der Waals surface area contributed by atoms with E-state index in [-0.39, 0.29) is 6.61 Å². The van der Waals surface area contributed by atoms with Gasteiger partial charge in [-0.2, -0.15) is 0 Å². The maximum absolute atomic E-state index is 12.1. The summed E-state index contributed by atoms with van der Waals surface area (Å²) in [5, 5.41) is 6.30. The van der Waals surface area contributed by atoms with Gasteiger partial charge in [-0.1, -0.05) is 22.8 Å². The highest BCUT2D eigenvalue weighted by molar-refractivity contribution is 6.31. The van der Waals surface area contributed by atoms with Gasteiger partial charge in [0.2, 0.25) is 0 Å². The maximum atomic E-state index is 12.1. The number of hydrogen-bond acceptors (Lipinski definition) is 6. The maximum Gasteiger partial charge on any atom is 0.352 e. The molecule has 0 aliphatic carbocycles. The van der Waals surface area contributed by atoms with Crippen LogP contribution in [0.25, 0.3) is 0 Å². The topological polar surface area (TPSA) is 106 Å². The lowest BCUT2D eigenvalue weighted by Gasteiger charge is -2.24. The number of rotatable bonds is 7. The molecule has 0 saturated heterocycles. The fourth-order valence-corrected chi connectivity index (χ4v) is 2.81. The average molecular weight is 420 g/mol. The number of carbonyl (C=O) groups excluding carboxylic acids is 1. The molecule has 0 aliphatic heterocycles. The van der Waals surface area contributed by atoms with Crippen molar-refractivity contribution in [1.82, 2.24) is 5.01 Å². The minimum absolute atomic E-state index is 0.122. The van der Waals surface area contributed by atoms with Gasteiger partial charge in [0, 0.05) is 17.6 Å². The summed E-state index contributed by atoms with van der Waals surface area (Å²) >= 11 is 6.33. The standard InChI is InChI=1S/C20H26ClN5O3/c1-5-29-24-14(3)15-9-10-19(13(2)11-15)28-12-16-17(21)7-6-8-18(16)26(23)20(27)25(4)22/h6-11H,5,12,22-23H2,1-4H3/b24-14+. The lowest BCUT2D eigenvalue weighted by molar-refractivity contribution is 0.159. The first-order valence-electron chi connectivity index (χ1n) is 9.01. The minimum atomic E-state index is -0.585. The molecular formula is C20H26ClN5O3. The molecule has 0 atom stereocenters. The summed E-state index contributed by atoms with van der Waals surface area (Å²) in [6.07, 6.45) is 0. The van der Waals surface area contributed by atoms with Gasteiger partial charge in [0.1, 0.15) is 19.0 Å². The van der Waals surface area contributed by atoms with Gasteiger partial charge in [0.15, 0.2) is 0 Å². The SMILES string of the molecule is CCO/N=C(\C)c1ccc(OCc2c(Cl)cccc2N(N)C(=O)N(C)N)c(C)c1. The summed E-state index contributed by atoms with van der Waals surface area (Å²) in [6.45, 7) is 6.32. The Morgan fingerprint density at radius 2 is 1.97 bits per heavy atom. The average Bonchev–Trinajstić information content (AvgIpc) is 2.70. The van der Waals surface area contributed by atoms with Crippen LogP contribution in [0.1, 0.15) is 30.5 Å². The van der Waals surface area contributed by atoms with Gasteiger partial charge >= 0.3 is 6.03 Å². The molecule has 2 amide bonds. The highest BCUT2D eigenvalue weighted by Crippen LogP contribution is 2.29. The van der Waals surface area contributed by atoms with Crippen molar-refractivity contribution in [3.05, 3.63) is 58.1 Å². The summed E-state index contributed by atoms with van der Waals surface area (Å²) in [6, 6.07) is 10.2. The molecular weight excluding hydrogens is 394 g/mol. The van der Waals surface area contributed by atoms with E-state index in [4.69, 9.17) is 32.9 Å². The van der Waals surface area contributed by atoms with Gasteiger partial charge in [0.05, 0.1) is 11.4 Å². The van der Waals surface area contributed by atoms with Gasteiger partial charge in [-0.05, 0) is 62.2 Å². The Morgan fingerprint density at radius 1 is 1.24 bits per heavy atom. The summed E-state index contributed by atoms with van der Waals surface area (Å²) in [7, 11) is 1.41. The number of benzene rings is 2. The fraction of sp³-hybridized carbons (Fsp3) is 0.300. The van der Waals surface area contributed by atoms with Crippen LogP contribution in [-0.2, 0) is 11.4 Å². The zero-order valence-electron chi connectivity index (χ0n) is 17.0. The summed E-state index contributed by atoms with van der Waals surface area (Å²) in [5.74, 6) is 12.1. The molecule has 0 aliphatic rings. The van der Waals surface area contributed by atoms with E-state index in [1.54, 1.807) is 18.2 Å². The number of urea groups is 1. The number of nitrogens with zero attached hydrogens (tertiary/aromatic N) is 3. The predicted molar refractivity (Wildman–Crippen MR) is 115 cm³/mol. The number of halogens is 1.